The van der Waals surface area contributed by atoms with E-state index in [-0.39, 0.29) is 0 Å². The molecular formula is C13H10Cl3N3. The quantitative estimate of drug-likeness (QED) is 0.908. The molecule has 0 fully saturated rings. The van der Waals surface area contributed by atoms with Crippen molar-refractivity contribution in [2.75, 3.05) is 5.32 Å². The molecule has 0 aliphatic rings. The van der Waals surface area contributed by atoms with E-state index in [9.17, 15) is 0 Å². The highest BCUT2D eigenvalue weighted by Gasteiger charge is 2.09. The summed E-state index contributed by atoms with van der Waals surface area (Å²) in [5.41, 5.74) is 2.15. The van der Waals surface area contributed by atoms with Gasteiger partial charge in [0.25, 0.3) is 0 Å². The van der Waals surface area contributed by atoms with Crippen LogP contribution >= 0.6 is 34.8 Å². The first-order chi connectivity index (χ1) is 9.02. The fourth-order valence-electron chi connectivity index (χ4n) is 1.71. The number of nitrogens with one attached hydrogen (secondary N) is 1. The molecule has 2 rings (SSSR count). The highest BCUT2D eigenvalue weighted by molar-refractivity contribution is 6.41. The number of benzene rings is 1. The van der Waals surface area contributed by atoms with Crippen LogP contribution in [0.2, 0.25) is 15.2 Å². The van der Waals surface area contributed by atoms with Crippen molar-refractivity contribution in [1.29, 1.82) is 5.26 Å². The molecule has 1 heterocycles. The van der Waals surface area contributed by atoms with Crippen LogP contribution in [0.25, 0.3) is 0 Å². The van der Waals surface area contributed by atoms with Crippen molar-refractivity contribution in [3.63, 3.8) is 0 Å². The molecule has 19 heavy (non-hydrogen) atoms. The SMILES string of the molecule is Cn1c(CNc2ccc(Cl)cc2C#N)cc(Cl)c1Cl. The minimum Gasteiger partial charge on any atom is -0.378 e. The number of rotatable bonds is 3. The Morgan fingerprint density at radius 1 is 1.26 bits per heavy atom. The molecule has 0 spiro atoms. The van der Waals surface area contributed by atoms with Crippen LogP contribution in [0.4, 0.5) is 5.69 Å². The molecular weight excluding hydrogens is 305 g/mol. The van der Waals surface area contributed by atoms with E-state index in [1.807, 2.05) is 7.05 Å². The highest BCUT2D eigenvalue weighted by atomic mass is 35.5. The number of hydrogen-bond donors (Lipinski definition) is 1. The first-order valence-corrected chi connectivity index (χ1v) is 6.59. The normalized spacial score (nSPS) is 10.3. The first-order valence-electron chi connectivity index (χ1n) is 5.46. The molecule has 1 N–H and O–H groups in total. The number of aromatic nitrogens is 1. The third-order valence-electron chi connectivity index (χ3n) is 2.78. The molecule has 0 atom stereocenters. The zero-order chi connectivity index (χ0) is 14.0. The zero-order valence-corrected chi connectivity index (χ0v) is 12.3. The van der Waals surface area contributed by atoms with Gasteiger partial charge in [-0.3, -0.25) is 0 Å². The fourth-order valence-corrected chi connectivity index (χ4v) is 2.30. The molecule has 2 aromatic rings. The number of anilines is 1. The second kappa shape index (κ2) is 5.75. The maximum atomic E-state index is 9.05. The summed E-state index contributed by atoms with van der Waals surface area (Å²) in [6.07, 6.45) is 0. The third kappa shape index (κ3) is 2.98. The minimum atomic E-state index is 0.495. The lowest BCUT2D eigenvalue weighted by atomic mass is 10.2. The summed E-state index contributed by atoms with van der Waals surface area (Å²) in [5, 5.41) is 13.8. The average molecular weight is 315 g/mol. The molecule has 0 unspecified atom stereocenters. The van der Waals surface area contributed by atoms with Gasteiger partial charge in [0.2, 0.25) is 0 Å². The lowest BCUT2D eigenvalue weighted by Gasteiger charge is -2.09. The molecule has 6 heteroatoms. The van der Waals surface area contributed by atoms with E-state index < -0.39 is 0 Å². The summed E-state index contributed by atoms with van der Waals surface area (Å²) < 4.78 is 1.79. The van der Waals surface area contributed by atoms with E-state index in [0.717, 1.165) is 11.4 Å². The van der Waals surface area contributed by atoms with Gasteiger partial charge in [0.1, 0.15) is 11.2 Å². The van der Waals surface area contributed by atoms with Crippen LogP contribution in [-0.4, -0.2) is 4.57 Å². The van der Waals surface area contributed by atoms with Crippen LogP contribution in [0.5, 0.6) is 0 Å². The molecule has 0 amide bonds. The van der Waals surface area contributed by atoms with Gasteiger partial charge in [-0.1, -0.05) is 34.8 Å². The Bertz CT molecular complexity index is 656. The van der Waals surface area contributed by atoms with Crippen LogP contribution < -0.4 is 5.32 Å². The highest BCUT2D eigenvalue weighted by Crippen LogP contribution is 2.26. The predicted octanol–water partition coefficient (Wildman–Crippen LogP) is 4.47. The Morgan fingerprint density at radius 3 is 2.58 bits per heavy atom. The van der Waals surface area contributed by atoms with Gasteiger partial charge in [0.05, 0.1) is 22.8 Å². The smallest absolute Gasteiger partial charge is 0.127 e. The van der Waals surface area contributed by atoms with Crippen LogP contribution in [0.3, 0.4) is 0 Å². The van der Waals surface area contributed by atoms with E-state index >= 15 is 0 Å². The van der Waals surface area contributed by atoms with Crippen molar-refractivity contribution >= 4 is 40.5 Å². The van der Waals surface area contributed by atoms with Gasteiger partial charge in [0, 0.05) is 17.8 Å². The van der Waals surface area contributed by atoms with Gasteiger partial charge in [-0.25, -0.2) is 0 Å². The Balaban J connectivity index is 2.19. The van der Waals surface area contributed by atoms with Gasteiger partial charge in [-0.05, 0) is 24.3 Å². The van der Waals surface area contributed by atoms with E-state index in [1.165, 1.54) is 0 Å². The van der Waals surface area contributed by atoms with Crippen molar-refractivity contribution in [2.45, 2.75) is 6.54 Å². The number of halogens is 3. The van der Waals surface area contributed by atoms with Crippen LogP contribution in [0.1, 0.15) is 11.3 Å². The monoisotopic (exact) mass is 313 g/mol. The molecule has 3 nitrogen and oxygen atoms in total. The summed E-state index contributed by atoms with van der Waals surface area (Å²) >= 11 is 17.8. The van der Waals surface area contributed by atoms with Crippen molar-refractivity contribution in [2.24, 2.45) is 7.05 Å². The summed E-state index contributed by atoms with van der Waals surface area (Å²) in [5.74, 6) is 0. The summed E-state index contributed by atoms with van der Waals surface area (Å²) in [7, 11) is 1.83. The molecule has 1 aromatic carbocycles. The van der Waals surface area contributed by atoms with Crippen LogP contribution in [0, 0.1) is 11.3 Å². The van der Waals surface area contributed by atoms with Gasteiger partial charge in [0.15, 0.2) is 0 Å². The topological polar surface area (TPSA) is 40.8 Å². The summed E-state index contributed by atoms with van der Waals surface area (Å²) in [6.45, 7) is 0.513. The van der Waals surface area contributed by atoms with Crippen molar-refractivity contribution in [1.82, 2.24) is 4.57 Å². The van der Waals surface area contributed by atoms with E-state index in [4.69, 9.17) is 40.1 Å². The van der Waals surface area contributed by atoms with Crippen LogP contribution in [0.15, 0.2) is 24.3 Å². The summed E-state index contributed by atoms with van der Waals surface area (Å²) in [4.78, 5) is 0. The molecule has 0 aliphatic carbocycles. The lowest BCUT2D eigenvalue weighted by molar-refractivity contribution is 0.843. The van der Waals surface area contributed by atoms with Gasteiger partial charge >= 0.3 is 0 Å². The Morgan fingerprint density at radius 2 is 2.00 bits per heavy atom. The third-order valence-corrected chi connectivity index (χ3v) is 3.85. The number of nitriles is 1. The predicted molar refractivity (Wildman–Crippen MR) is 78.9 cm³/mol. The maximum Gasteiger partial charge on any atom is 0.127 e. The Hall–Kier alpha value is -1.34. The van der Waals surface area contributed by atoms with Crippen LogP contribution in [-0.2, 0) is 13.6 Å². The zero-order valence-electron chi connectivity index (χ0n) is 10.0. The maximum absolute atomic E-state index is 9.05. The molecule has 1 aromatic heterocycles. The molecule has 0 bridgehead atoms. The largest absolute Gasteiger partial charge is 0.378 e. The van der Waals surface area contributed by atoms with Crippen molar-refractivity contribution in [3.05, 3.63) is 50.7 Å². The Kier molecular flexibility index (Phi) is 4.26. The van der Waals surface area contributed by atoms with Gasteiger partial charge < -0.3 is 9.88 Å². The van der Waals surface area contributed by atoms with E-state index in [2.05, 4.69) is 11.4 Å². The molecule has 0 radical (unpaired) electrons. The minimum absolute atomic E-state index is 0.495. The summed E-state index contributed by atoms with van der Waals surface area (Å²) in [6, 6.07) is 9.01. The van der Waals surface area contributed by atoms with Gasteiger partial charge in [-0.15, -0.1) is 0 Å². The second-order valence-corrected chi connectivity index (χ2v) is 5.19. The lowest BCUT2D eigenvalue weighted by Crippen LogP contribution is -2.05. The van der Waals surface area contributed by atoms with E-state index in [0.29, 0.717) is 27.3 Å². The molecule has 0 saturated carbocycles. The molecule has 0 aliphatic heterocycles. The van der Waals surface area contributed by atoms with Gasteiger partial charge in [-0.2, -0.15) is 5.26 Å². The van der Waals surface area contributed by atoms with Crippen molar-refractivity contribution in [3.8, 4) is 6.07 Å². The molecule has 0 saturated heterocycles. The van der Waals surface area contributed by atoms with Crippen molar-refractivity contribution < 1.29 is 0 Å². The average Bonchev–Trinajstić information content (AvgIpc) is 2.64. The molecule has 98 valence electrons. The standard InChI is InChI=1S/C13H10Cl3N3/c1-19-10(5-11(15)13(19)16)7-18-12-3-2-9(14)4-8(12)6-17/h2-5,18H,7H2,1H3. The first kappa shape index (κ1) is 14.1. The number of nitrogens with zero attached hydrogens (tertiary/aromatic N) is 2. The second-order valence-electron chi connectivity index (χ2n) is 3.99. The fraction of sp³-hybridized carbons (Fsp3) is 0.154. The van der Waals surface area contributed by atoms with E-state index in [1.54, 1.807) is 28.8 Å². The Labute approximate surface area is 126 Å². The number of hydrogen-bond acceptors (Lipinski definition) is 2.